The summed E-state index contributed by atoms with van der Waals surface area (Å²) in [6, 6.07) is 8.04. The number of benzene rings is 1. The van der Waals surface area contributed by atoms with Crippen LogP contribution in [0.15, 0.2) is 18.2 Å². The first-order valence-corrected chi connectivity index (χ1v) is 6.82. The number of ether oxygens (including phenoxy) is 2. The van der Waals surface area contributed by atoms with Crippen molar-refractivity contribution >= 4 is 0 Å². The molecular weight excluding hydrogens is 240 g/mol. The molecule has 1 aliphatic rings. The number of nitrogens with zero attached hydrogens (tertiary/aromatic N) is 1. The molecule has 102 valence electrons. The Hall–Kier alpha value is -1.73. The first-order valence-electron chi connectivity index (χ1n) is 6.82. The fourth-order valence-electron chi connectivity index (χ4n) is 2.43. The van der Waals surface area contributed by atoms with E-state index in [0.29, 0.717) is 18.3 Å². The molecular formula is C15H20N2O2. The SMILES string of the molecule is CCOc1cc(C2CCNCC2)ccc1OCC#N. The van der Waals surface area contributed by atoms with Gasteiger partial charge < -0.3 is 14.8 Å². The molecule has 1 aromatic carbocycles. The second-order valence-corrected chi connectivity index (χ2v) is 4.61. The third-order valence-electron chi connectivity index (χ3n) is 3.37. The Balaban J connectivity index is 2.17. The minimum absolute atomic E-state index is 0.0484. The molecule has 1 N–H and O–H groups in total. The van der Waals surface area contributed by atoms with Crippen LogP contribution in [0.2, 0.25) is 0 Å². The third kappa shape index (κ3) is 3.62. The van der Waals surface area contributed by atoms with Crippen molar-refractivity contribution in [2.45, 2.75) is 25.7 Å². The van der Waals surface area contributed by atoms with Crippen LogP contribution in [0.25, 0.3) is 0 Å². The summed E-state index contributed by atoms with van der Waals surface area (Å²) in [5, 5.41) is 12.0. The minimum Gasteiger partial charge on any atom is -0.490 e. The highest BCUT2D eigenvalue weighted by Gasteiger charge is 2.17. The number of nitriles is 1. The van der Waals surface area contributed by atoms with Crippen LogP contribution in [-0.2, 0) is 0 Å². The minimum atomic E-state index is 0.0484. The molecule has 4 heteroatoms. The molecule has 0 aromatic heterocycles. The Bertz CT molecular complexity index is 448. The third-order valence-corrected chi connectivity index (χ3v) is 3.37. The average Bonchev–Trinajstić information content (AvgIpc) is 2.47. The second-order valence-electron chi connectivity index (χ2n) is 4.61. The summed E-state index contributed by atoms with van der Waals surface area (Å²) >= 11 is 0. The van der Waals surface area contributed by atoms with Gasteiger partial charge in [-0.25, -0.2) is 0 Å². The van der Waals surface area contributed by atoms with Gasteiger partial charge in [0.05, 0.1) is 6.61 Å². The summed E-state index contributed by atoms with van der Waals surface area (Å²) in [7, 11) is 0. The van der Waals surface area contributed by atoms with Gasteiger partial charge in [-0.15, -0.1) is 0 Å². The van der Waals surface area contributed by atoms with E-state index < -0.39 is 0 Å². The van der Waals surface area contributed by atoms with E-state index in [4.69, 9.17) is 14.7 Å². The van der Waals surface area contributed by atoms with Crippen molar-refractivity contribution in [3.63, 3.8) is 0 Å². The van der Waals surface area contributed by atoms with E-state index in [0.717, 1.165) is 31.7 Å². The zero-order valence-corrected chi connectivity index (χ0v) is 11.3. The quantitative estimate of drug-likeness (QED) is 0.883. The topological polar surface area (TPSA) is 54.3 Å². The summed E-state index contributed by atoms with van der Waals surface area (Å²) in [4.78, 5) is 0. The van der Waals surface area contributed by atoms with E-state index in [1.807, 2.05) is 19.1 Å². The Morgan fingerprint density at radius 2 is 2.05 bits per heavy atom. The predicted octanol–water partition coefficient (Wildman–Crippen LogP) is 2.45. The van der Waals surface area contributed by atoms with Crippen molar-refractivity contribution in [1.29, 1.82) is 5.26 Å². The molecule has 0 bridgehead atoms. The summed E-state index contributed by atoms with van der Waals surface area (Å²) in [5.41, 5.74) is 1.30. The molecule has 1 saturated heterocycles. The van der Waals surface area contributed by atoms with E-state index in [1.54, 1.807) is 0 Å². The fourth-order valence-corrected chi connectivity index (χ4v) is 2.43. The van der Waals surface area contributed by atoms with Crippen molar-refractivity contribution in [3.05, 3.63) is 23.8 Å². The molecule has 4 nitrogen and oxygen atoms in total. The first kappa shape index (κ1) is 13.7. The van der Waals surface area contributed by atoms with E-state index >= 15 is 0 Å². The number of hydrogen-bond donors (Lipinski definition) is 1. The van der Waals surface area contributed by atoms with Crippen molar-refractivity contribution in [1.82, 2.24) is 5.32 Å². The largest absolute Gasteiger partial charge is 0.490 e. The maximum Gasteiger partial charge on any atom is 0.174 e. The second kappa shape index (κ2) is 7.01. The van der Waals surface area contributed by atoms with Crippen LogP contribution in [-0.4, -0.2) is 26.3 Å². The smallest absolute Gasteiger partial charge is 0.174 e. The summed E-state index contributed by atoms with van der Waals surface area (Å²) in [5.74, 6) is 1.99. The van der Waals surface area contributed by atoms with E-state index in [-0.39, 0.29) is 6.61 Å². The number of rotatable bonds is 5. The van der Waals surface area contributed by atoms with Gasteiger partial charge in [-0.1, -0.05) is 6.07 Å². The van der Waals surface area contributed by atoms with Crippen LogP contribution in [0, 0.1) is 11.3 Å². The molecule has 2 rings (SSSR count). The van der Waals surface area contributed by atoms with Gasteiger partial charge in [-0.3, -0.25) is 0 Å². The van der Waals surface area contributed by atoms with Gasteiger partial charge in [0, 0.05) is 0 Å². The van der Waals surface area contributed by atoms with Gasteiger partial charge in [0.25, 0.3) is 0 Å². The van der Waals surface area contributed by atoms with Crippen LogP contribution in [0.1, 0.15) is 31.2 Å². The molecule has 1 fully saturated rings. The van der Waals surface area contributed by atoms with Crippen LogP contribution in [0.5, 0.6) is 11.5 Å². The summed E-state index contributed by atoms with van der Waals surface area (Å²) in [6.45, 7) is 4.74. The van der Waals surface area contributed by atoms with Crippen molar-refractivity contribution in [2.24, 2.45) is 0 Å². The Labute approximate surface area is 114 Å². The van der Waals surface area contributed by atoms with E-state index in [2.05, 4.69) is 17.4 Å². The van der Waals surface area contributed by atoms with Gasteiger partial charge >= 0.3 is 0 Å². The van der Waals surface area contributed by atoms with E-state index in [9.17, 15) is 0 Å². The average molecular weight is 260 g/mol. The van der Waals surface area contributed by atoms with Gasteiger partial charge in [-0.2, -0.15) is 5.26 Å². The van der Waals surface area contributed by atoms with E-state index in [1.165, 1.54) is 5.56 Å². The zero-order valence-electron chi connectivity index (χ0n) is 11.3. The van der Waals surface area contributed by atoms with Crippen molar-refractivity contribution in [3.8, 4) is 17.6 Å². The molecule has 1 heterocycles. The van der Waals surface area contributed by atoms with Crippen molar-refractivity contribution in [2.75, 3.05) is 26.3 Å². The molecule has 0 unspecified atom stereocenters. The highest BCUT2D eigenvalue weighted by atomic mass is 16.5. The molecule has 0 amide bonds. The number of piperidine rings is 1. The molecule has 0 atom stereocenters. The van der Waals surface area contributed by atoms with Crippen LogP contribution >= 0.6 is 0 Å². The summed E-state index contributed by atoms with van der Waals surface area (Å²) in [6.07, 6.45) is 2.31. The number of nitrogens with one attached hydrogen (secondary N) is 1. The normalized spacial score (nSPS) is 15.8. The van der Waals surface area contributed by atoms with Gasteiger partial charge in [-0.05, 0) is 56.5 Å². The Morgan fingerprint density at radius 1 is 1.26 bits per heavy atom. The predicted molar refractivity (Wildman–Crippen MR) is 73.6 cm³/mol. The maximum atomic E-state index is 8.58. The lowest BCUT2D eigenvalue weighted by Crippen LogP contribution is -2.26. The molecule has 0 aliphatic carbocycles. The van der Waals surface area contributed by atoms with Crippen LogP contribution < -0.4 is 14.8 Å². The van der Waals surface area contributed by atoms with Crippen LogP contribution in [0.4, 0.5) is 0 Å². The standard InChI is InChI=1S/C15H20N2O2/c1-2-18-15-11-13(12-5-8-17-9-6-12)3-4-14(15)19-10-7-16/h3-4,11-12,17H,2,5-6,8-10H2,1H3. The Kier molecular flexibility index (Phi) is 5.05. The zero-order chi connectivity index (χ0) is 13.5. The first-order chi connectivity index (χ1) is 9.35. The highest BCUT2D eigenvalue weighted by Crippen LogP contribution is 2.34. The molecule has 0 radical (unpaired) electrons. The highest BCUT2D eigenvalue weighted by molar-refractivity contribution is 5.44. The van der Waals surface area contributed by atoms with Gasteiger partial charge in [0.1, 0.15) is 6.07 Å². The number of hydrogen-bond acceptors (Lipinski definition) is 4. The molecule has 1 aliphatic heterocycles. The monoisotopic (exact) mass is 260 g/mol. The summed E-state index contributed by atoms with van der Waals surface area (Å²) < 4.78 is 11.0. The molecule has 0 saturated carbocycles. The maximum absolute atomic E-state index is 8.58. The van der Waals surface area contributed by atoms with Gasteiger partial charge in [0.2, 0.25) is 0 Å². The molecule has 1 aromatic rings. The lowest BCUT2D eigenvalue weighted by Gasteiger charge is -2.23. The lowest BCUT2D eigenvalue weighted by molar-refractivity contribution is 0.297. The fraction of sp³-hybridized carbons (Fsp3) is 0.533. The van der Waals surface area contributed by atoms with Crippen molar-refractivity contribution < 1.29 is 9.47 Å². The van der Waals surface area contributed by atoms with Crippen LogP contribution in [0.3, 0.4) is 0 Å². The van der Waals surface area contributed by atoms with Gasteiger partial charge in [0.15, 0.2) is 18.1 Å². The molecule has 19 heavy (non-hydrogen) atoms. The molecule has 0 spiro atoms. The lowest BCUT2D eigenvalue weighted by atomic mass is 9.90. The Morgan fingerprint density at radius 3 is 2.74 bits per heavy atom.